The van der Waals surface area contributed by atoms with Crippen LogP contribution in [0.15, 0.2) is 34.3 Å². The molecule has 0 aromatic heterocycles. The molecule has 0 spiro atoms. The van der Waals surface area contributed by atoms with Gasteiger partial charge in [0.1, 0.15) is 11.5 Å². The fourth-order valence-electron chi connectivity index (χ4n) is 4.93. The molecule has 1 aliphatic carbocycles. The molecule has 0 saturated heterocycles. The van der Waals surface area contributed by atoms with Gasteiger partial charge in [0.15, 0.2) is 0 Å². The first-order valence-corrected chi connectivity index (χ1v) is 13.8. The standard InChI is InChI=1S/C32H46N2O2/c1-19(2)23-12-25(31(35)29(14-23)21(5)6)17-33-27-10-9-11-28(16-27)34-18-26-13-24(20(3)4)15-30(22(7)8)32(26)36/h12-15,17-22,27-28,35-36H,9-11,16H2,1-8H3. The van der Waals surface area contributed by atoms with Gasteiger partial charge in [-0.1, -0.05) is 67.5 Å². The summed E-state index contributed by atoms with van der Waals surface area (Å²) < 4.78 is 0. The van der Waals surface area contributed by atoms with Crippen LogP contribution in [0.1, 0.15) is 138 Å². The highest BCUT2D eigenvalue weighted by Crippen LogP contribution is 2.34. The van der Waals surface area contributed by atoms with Gasteiger partial charge in [0.25, 0.3) is 0 Å². The van der Waals surface area contributed by atoms with Crippen molar-refractivity contribution in [3.8, 4) is 11.5 Å². The molecule has 1 fully saturated rings. The molecular weight excluding hydrogens is 444 g/mol. The fraction of sp³-hybridized carbons (Fsp3) is 0.562. The number of nitrogens with zero attached hydrogens (tertiary/aromatic N) is 2. The van der Waals surface area contributed by atoms with E-state index in [9.17, 15) is 10.2 Å². The third-order valence-corrected chi connectivity index (χ3v) is 7.43. The number of benzene rings is 2. The van der Waals surface area contributed by atoms with Gasteiger partial charge in [0.2, 0.25) is 0 Å². The van der Waals surface area contributed by atoms with Crippen molar-refractivity contribution in [3.05, 3.63) is 57.6 Å². The normalized spacial score (nSPS) is 19.1. The largest absolute Gasteiger partial charge is 0.507 e. The molecule has 0 radical (unpaired) electrons. The number of aliphatic imine (C=N–C) groups is 2. The third kappa shape index (κ3) is 6.78. The molecule has 1 saturated carbocycles. The second kappa shape index (κ2) is 12.1. The van der Waals surface area contributed by atoms with Crippen molar-refractivity contribution in [1.82, 2.24) is 0 Å². The number of rotatable bonds is 8. The van der Waals surface area contributed by atoms with E-state index >= 15 is 0 Å². The first-order valence-electron chi connectivity index (χ1n) is 13.8. The molecule has 4 nitrogen and oxygen atoms in total. The Kier molecular flexibility index (Phi) is 9.38. The second-order valence-corrected chi connectivity index (χ2v) is 11.7. The zero-order chi connectivity index (χ0) is 26.6. The van der Waals surface area contributed by atoms with Gasteiger partial charge in [-0.05, 0) is 83.7 Å². The molecule has 2 aromatic carbocycles. The van der Waals surface area contributed by atoms with Crippen LogP contribution in [0.3, 0.4) is 0 Å². The van der Waals surface area contributed by atoms with Crippen molar-refractivity contribution in [1.29, 1.82) is 0 Å². The molecule has 0 amide bonds. The Hall–Kier alpha value is -2.62. The van der Waals surface area contributed by atoms with E-state index in [1.165, 1.54) is 11.1 Å². The lowest BCUT2D eigenvalue weighted by molar-refractivity contribution is 0.397. The smallest absolute Gasteiger partial charge is 0.127 e. The molecule has 0 heterocycles. The summed E-state index contributed by atoms with van der Waals surface area (Å²) >= 11 is 0. The van der Waals surface area contributed by atoms with Gasteiger partial charge in [0, 0.05) is 23.6 Å². The Morgan fingerprint density at radius 1 is 0.639 bits per heavy atom. The molecule has 1 aliphatic rings. The Labute approximate surface area is 218 Å². The summed E-state index contributed by atoms with van der Waals surface area (Å²) in [4.78, 5) is 9.81. The number of aromatic hydroxyl groups is 2. The minimum Gasteiger partial charge on any atom is -0.507 e. The Bertz CT molecular complexity index is 1010. The van der Waals surface area contributed by atoms with Gasteiger partial charge in [0.05, 0.1) is 12.1 Å². The summed E-state index contributed by atoms with van der Waals surface area (Å²) in [6, 6.07) is 8.78. The predicted octanol–water partition coefficient (Wildman–Crippen LogP) is 8.44. The van der Waals surface area contributed by atoms with Gasteiger partial charge >= 0.3 is 0 Å². The van der Waals surface area contributed by atoms with Gasteiger partial charge in [-0.15, -0.1) is 0 Å². The zero-order valence-corrected chi connectivity index (χ0v) is 23.5. The van der Waals surface area contributed by atoms with E-state index in [0.717, 1.165) is 47.9 Å². The van der Waals surface area contributed by atoms with Gasteiger partial charge in [-0.25, -0.2) is 0 Å². The zero-order valence-electron chi connectivity index (χ0n) is 23.5. The molecule has 4 heteroatoms. The van der Waals surface area contributed by atoms with Crippen LogP contribution in [0.2, 0.25) is 0 Å². The number of phenols is 2. The van der Waals surface area contributed by atoms with Crippen molar-refractivity contribution in [3.63, 3.8) is 0 Å². The van der Waals surface area contributed by atoms with E-state index in [-0.39, 0.29) is 23.9 Å². The highest BCUT2D eigenvalue weighted by molar-refractivity contribution is 5.85. The summed E-state index contributed by atoms with van der Waals surface area (Å²) in [7, 11) is 0. The SMILES string of the molecule is CC(C)c1cc(C=NC2CCCC(N=Cc3cc(C(C)C)cc(C(C)C)c3O)C2)c(O)c(C(C)C)c1. The fourth-order valence-corrected chi connectivity index (χ4v) is 4.93. The molecule has 0 bridgehead atoms. The predicted molar refractivity (Wildman–Crippen MR) is 154 cm³/mol. The van der Waals surface area contributed by atoms with Crippen molar-refractivity contribution in [2.75, 3.05) is 0 Å². The van der Waals surface area contributed by atoms with Crippen LogP contribution >= 0.6 is 0 Å². The van der Waals surface area contributed by atoms with E-state index in [2.05, 4.69) is 79.7 Å². The maximum atomic E-state index is 10.9. The van der Waals surface area contributed by atoms with Crippen LogP contribution in [0, 0.1) is 0 Å². The third-order valence-electron chi connectivity index (χ3n) is 7.43. The van der Waals surface area contributed by atoms with Gasteiger partial charge in [-0.2, -0.15) is 0 Å². The Balaban J connectivity index is 1.79. The van der Waals surface area contributed by atoms with Crippen LogP contribution in [-0.4, -0.2) is 34.7 Å². The number of hydrogen-bond donors (Lipinski definition) is 2. The average molecular weight is 491 g/mol. The number of hydrogen-bond acceptors (Lipinski definition) is 4. The molecule has 2 unspecified atom stereocenters. The topological polar surface area (TPSA) is 65.2 Å². The lowest BCUT2D eigenvalue weighted by Gasteiger charge is -2.24. The van der Waals surface area contributed by atoms with Crippen LogP contribution < -0.4 is 0 Å². The quantitative estimate of drug-likeness (QED) is 0.365. The van der Waals surface area contributed by atoms with Crippen molar-refractivity contribution < 1.29 is 10.2 Å². The van der Waals surface area contributed by atoms with E-state index in [1.54, 1.807) is 0 Å². The second-order valence-electron chi connectivity index (χ2n) is 11.7. The van der Waals surface area contributed by atoms with Gasteiger partial charge in [-0.3, -0.25) is 9.98 Å². The minimum atomic E-state index is 0.187. The molecular formula is C32H46N2O2. The molecule has 2 atom stereocenters. The van der Waals surface area contributed by atoms with Crippen LogP contribution in [0.4, 0.5) is 0 Å². The lowest BCUT2D eigenvalue weighted by Crippen LogP contribution is -2.21. The Morgan fingerprint density at radius 2 is 1.03 bits per heavy atom. The summed E-state index contributed by atoms with van der Waals surface area (Å²) in [6.07, 6.45) is 7.78. The summed E-state index contributed by atoms with van der Waals surface area (Å²) in [6.45, 7) is 17.2. The van der Waals surface area contributed by atoms with E-state index in [0.29, 0.717) is 23.3 Å². The monoisotopic (exact) mass is 490 g/mol. The summed E-state index contributed by atoms with van der Waals surface area (Å²) in [5, 5.41) is 21.7. The lowest BCUT2D eigenvalue weighted by atomic mass is 9.90. The Morgan fingerprint density at radius 3 is 1.36 bits per heavy atom. The van der Waals surface area contributed by atoms with Crippen LogP contribution in [0.5, 0.6) is 11.5 Å². The first kappa shape index (κ1) is 28.0. The van der Waals surface area contributed by atoms with Crippen molar-refractivity contribution in [2.24, 2.45) is 9.98 Å². The van der Waals surface area contributed by atoms with Gasteiger partial charge < -0.3 is 10.2 Å². The van der Waals surface area contributed by atoms with Crippen molar-refractivity contribution in [2.45, 2.75) is 117 Å². The molecule has 2 aromatic rings. The molecule has 2 N–H and O–H groups in total. The van der Waals surface area contributed by atoms with Crippen LogP contribution in [-0.2, 0) is 0 Å². The maximum Gasteiger partial charge on any atom is 0.127 e. The van der Waals surface area contributed by atoms with E-state index in [4.69, 9.17) is 9.98 Å². The molecule has 36 heavy (non-hydrogen) atoms. The summed E-state index contributed by atoms with van der Waals surface area (Å²) in [5.41, 5.74) is 6.05. The molecule has 3 rings (SSSR count). The highest BCUT2D eigenvalue weighted by Gasteiger charge is 2.21. The van der Waals surface area contributed by atoms with E-state index in [1.807, 2.05) is 12.4 Å². The maximum absolute atomic E-state index is 10.9. The minimum absolute atomic E-state index is 0.187. The van der Waals surface area contributed by atoms with E-state index < -0.39 is 0 Å². The molecule has 196 valence electrons. The first-order chi connectivity index (χ1) is 17.0. The summed E-state index contributed by atoms with van der Waals surface area (Å²) in [5.74, 6) is 2.00. The molecule has 0 aliphatic heterocycles. The van der Waals surface area contributed by atoms with Crippen molar-refractivity contribution >= 4 is 12.4 Å². The number of phenolic OH excluding ortho intramolecular Hbond substituents is 2. The highest BCUT2D eigenvalue weighted by atomic mass is 16.3. The van der Waals surface area contributed by atoms with Crippen LogP contribution in [0.25, 0.3) is 0 Å². The average Bonchev–Trinajstić information content (AvgIpc) is 2.82.